The van der Waals surface area contributed by atoms with E-state index in [4.69, 9.17) is 9.47 Å². The average molecular weight is 158 g/mol. The Kier molecular flexibility index (Phi) is 3.34. The third-order valence-electron chi connectivity index (χ3n) is 2.34. The lowest BCUT2D eigenvalue weighted by molar-refractivity contribution is -0.0905. The highest BCUT2D eigenvalue weighted by molar-refractivity contribution is 4.79. The Labute approximate surface area is 68.9 Å². The molecule has 2 heterocycles. The van der Waals surface area contributed by atoms with Crippen LogP contribution in [0.5, 0.6) is 0 Å². The van der Waals surface area contributed by atoms with E-state index in [0.717, 1.165) is 19.1 Å². The number of hydrogen-bond donors (Lipinski definition) is 0. The van der Waals surface area contributed by atoms with Crippen LogP contribution in [0, 0.1) is 11.8 Å². The topological polar surface area (TPSA) is 18.5 Å². The van der Waals surface area contributed by atoms with Crippen molar-refractivity contribution in [2.75, 3.05) is 13.2 Å². The summed E-state index contributed by atoms with van der Waals surface area (Å²) in [6.07, 6.45) is 1.35. The molecule has 2 aliphatic rings. The normalized spacial score (nSPS) is 41.2. The molecule has 0 amide bonds. The molecule has 0 spiro atoms. The minimum atomic E-state index is 0.153. The van der Waals surface area contributed by atoms with E-state index in [2.05, 4.69) is 6.92 Å². The molecule has 0 aliphatic carbocycles. The molecule has 2 nitrogen and oxygen atoms in total. The van der Waals surface area contributed by atoms with Gasteiger partial charge in [-0.25, -0.2) is 0 Å². The molecule has 66 valence electrons. The first-order chi connectivity index (χ1) is 5.38. The maximum Gasteiger partial charge on any atom is 0.160 e. The van der Waals surface area contributed by atoms with Gasteiger partial charge < -0.3 is 9.47 Å². The van der Waals surface area contributed by atoms with Crippen LogP contribution in [-0.4, -0.2) is 19.5 Å². The maximum atomic E-state index is 5.37. The molecule has 2 fully saturated rings. The van der Waals surface area contributed by atoms with Gasteiger partial charge in [-0.1, -0.05) is 20.8 Å². The Morgan fingerprint density at radius 2 is 1.91 bits per heavy atom. The Hall–Kier alpha value is -0.0800. The molecule has 11 heavy (non-hydrogen) atoms. The van der Waals surface area contributed by atoms with Crippen molar-refractivity contribution in [3.63, 3.8) is 0 Å². The summed E-state index contributed by atoms with van der Waals surface area (Å²) in [7, 11) is 0. The minimum Gasteiger partial charge on any atom is -0.352 e. The molecule has 2 saturated heterocycles. The van der Waals surface area contributed by atoms with Gasteiger partial charge in [0.2, 0.25) is 0 Å². The van der Waals surface area contributed by atoms with Gasteiger partial charge in [0.1, 0.15) is 0 Å². The standard InChI is InChI=1S/C7H12O2.C2H6/c1-5-4-9-7-6(5)2-3-8-7;1-2/h5-7H,2-4H2,1H3;1-2H3/t5?,6-,7+;/m1./s1. The van der Waals surface area contributed by atoms with Crippen molar-refractivity contribution in [3.05, 3.63) is 0 Å². The van der Waals surface area contributed by atoms with Crippen molar-refractivity contribution in [2.24, 2.45) is 11.8 Å². The fraction of sp³-hybridized carbons (Fsp3) is 1.00. The summed E-state index contributed by atoms with van der Waals surface area (Å²) in [5.41, 5.74) is 0. The second-order valence-electron chi connectivity index (χ2n) is 3.00. The fourth-order valence-corrected chi connectivity index (χ4v) is 1.67. The first kappa shape index (κ1) is 9.01. The zero-order valence-corrected chi connectivity index (χ0v) is 7.67. The molecule has 0 aromatic rings. The van der Waals surface area contributed by atoms with Gasteiger partial charge in [0.05, 0.1) is 13.2 Å². The Balaban J connectivity index is 0.000000281. The molecule has 0 bridgehead atoms. The van der Waals surface area contributed by atoms with Gasteiger partial charge in [-0.05, 0) is 12.3 Å². The van der Waals surface area contributed by atoms with E-state index in [9.17, 15) is 0 Å². The quantitative estimate of drug-likeness (QED) is 0.537. The summed E-state index contributed by atoms with van der Waals surface area (Å²) in [5.74, 6) is 1.42. The highest BCUT2D eigenvalue weighted by Crippen LogP contribution is 2.34. The average Bonchev–Trinajstić information content (AvgIpc) is 2.60. The van der Waals surface area contributed by atoms with Crippen molar-refractivity contribution in [2.45, 2.75) is 33.5 Å². The molecule has 2 heteroatoms. The van der Waals surface area contributed by atoms with Gasteiger partial charge in [-0.2, -0.15) is 0 Å². The monoisotopic (exact) mass is 158 g/mol. The summed E-state index contributed by atoms with van der Waals surface area (Å²) in [4.78, 5) is 0. The highest BCUT2D eigenvalue weighted by Gasteiger charge is 2.38. The maximum absolute atomic E-state index is 5.37. The summed E-state index contributed by atoms with van der Waals surface area (Å²) in [5, 5.41) is 0. The van der Waals surface area contributed by atoms with E-state index in [1.807, 2.05) is 13.8 Å². The van der Waals surface area contributed by atoms with Crippen LogP contribution < -0.4 is 0 Å². The molecular weight excluding hydrogens is 140 g/mol. The van der Waals surface area contributed by atoms with Gasteiger partial charge >= 0.3 is 0 Å². The first-order valence-corrected chi connectivity index (χ1v) is 4.61. The van der Waals surface area contributed by atoms with Crippen molar-refractivity contribution in [1.82, 2.24) is 0 Å². The number of ether oxygens (including phenoxy) is 2. The van der Waals surface area contributed by atoms with Crippen molar-refractivity contribution >= 4 is 0 Å². The minimum absolute atomic E-state index is 0.153. The SMILES string of the molecule is CC.CC1CO[C@@H]2OCC[C@H]12. The van der Waals surface area contributed by atoms with E-state index in [-0.39, 0.29) is 6.29 Å². The molecule has 0 N–H and O–H groups in total. The van der Waals surface area contributed by atoms with Crippen LogP contribution in [0.25, 0.3) is 0 Å². The zero-order valence-electron chi connectivity index (χ0n) is 7.67. The number of rotatable bonds is 0. The van der Waals surface area contributed by atoms with Crippen molar-refractivity contribution < 1.29 is 9.47 Å². The van der Waals surface area contributed by atoms with Gasteiger partial charge in [0, 0.05) is 5.92 Å². The van der Waals surface area contributed by atoms with Crippen LogP contribution in [-0.2, 0) is 9.47 Å². The third-order valence-corrected chi connectivity index (χ3v) is 2.34. The van der Waals surface area contributed by atoms with Crippen LogP contribution >= 0.6 is 0 Å². The van der Waals surface area contributed by atoms with Gasteiger partial charge in [-0.3, -0.25) is 0 Å². The van der Waals surface area contributed by atoms with E-state index in [0.29, 0.717) is 5.92 Å². The van der Waals surface area contributed by atoms with Crippen LogP contribution in [0.1, 0.15) is 27.2 Å². The molecule has 0 aromatic heterocycles. The Bertz CT molecular complexity index is 114. The van der Waals surface area contributed by atoms with Gasteiger partial charge in [0.25, 0.3) is 0 Å². The number of fused-ring (bicyclic) bond motifs is 1. The second-order valence-corrected chi connectivity index (χ2v) is 3.00. The lowest BCUT2D eigenvalue weighted by atomic mass is 9.96. The largest absolute Gasteiger partial charge is 0.352 e. The summed E-state index contributed by atoms with van der Waals surface area (Å²) in [6, 6.07) is 0. The summed E-state index contributed by atoms with van der Waals surface area (Å²) >= 11 is 0. The molecular formula is C9H18O2. The van der Waals surface area contributed by atoms with E-state index in [1.165, 1.54) is 6.42 Å². The molecule has 2 rings (SSSR count). The van der Waals surface area contributed by atoms with E-state index < -0.39 is 0 Å². The first-order valence-electron chi connectivity index (χ1n) is 4.61. The predicted octanol–water partition coefficient (Wildman–Crippen LogP) is 2.04. The molecule has 0 saturated carbocycles. The zero-order chi connectivity index (χ0) is 8.27. The molecule has 0 aromatic carbocycles. The lowest BCUT2D eigenvalue weighted by Gasteiger charge is -2.07. The van der Waals surface area contributed by atoms with Gasteiger partial charge in [-0.15, -0.1) is 0 Å². The number of hydrogen-bond acceptors (Lipinski definition) is 2. The Morgan fingerprint density at radius 1 is 1.18 bits per heavy atom. The third kappa shape index (κ3) is 1.74. The molecule has 2 aliphatic heterocycles. The van der Waals surface area contributed by atoms with Gasteiger partial charge in [0.15, 0.2) is 6.29 Å². The van der Waals surface area contributed by atoms with Crippen LogP contribution in [0.4, 0.5) is 0 Å². The fourth-order valence-electron chi connectivity index (χ4n) is 1.67. The predicted molar refractivity (Wildman–Crippen MR) is 44.3 cm³/mol. The van der Waals surface area contributed by atoms with Crippen LogP contribution in [0.3, 0.4) is 0 Å². The van der Waals surface area contributed by atoms with Crippen molar-refractivity contribution in [3.8, 4) is 0 Å². The van der Waals surface area contributed by atoms with E-state index in [1.54, 1.807) is 0 Å². The summed E-state index contributed by atoms with van der Waals surface area (Å²) < 4.78 is 10.7. The molecule has 1 unspecified atom stereocenters. The van der Waals surface area contributed by atoms with Crippen LogP contribution in [0.2, 0.25) is 0 Å². The Morgan fingerprint density at radius 3 is 2.55 bits per heavy atom. The summed E-state index contributed by atoms with van der Waals surface area (Å²) in [6.45, 7) is 8.04. The highest BCUT2D eigenvalue weighted by atomic mass is 16.7. The molecule has 0 radical (unpaired) electrons. The van der Waals surface area contributed by atoms with Crippen molar-refractivity contribution in [1.29, 1.82) is 0 Å². The second kappa shape index (κ2) is 4.07. The van der Waals surface area contributed by atoms with Crippen LogP contribution in [0.15, 0.2) is 0 Å². The smallest absolute Gasteiger partial charge is 0.160 e. The molecule has 3 atom stereocenters. The lowest BCUT2D eigenvalue weighted by Crippen LogP contribution is -2.12. The van der Waals surface area contributed by atoms with E-state index >= 15 is 0 Å².